The van der Waals surface area contributed by atoms with E-state index in [2.05, 4.69) is 0 Å². The summed E-state index contributed by atoms with van der Waals surface area (Å²) in [7, 11) is 0. The van der Waals surface area contributed by atoms with E-state index in [0.29, 0.717) is 0 Å². The normalized spacial score (nSPS) is 40.7. The van der Waals surface area contributed by atoms with E-state index in [-0.39, 0.29) is 23.7 Å². The van der Waals surface area contributed by atoms with Crippen LogP contribution in [0.25, 0.3) is 0 Å². The third-order valence-corrected chi connectivity index (χ3v) is 3.84. The monoisotopic (exact) mass is 330 g/mol. The fraction of sp³-hybridized carbons (Fsp3) is 0.667. The summed E-state index contributed by atoms with van der Waals surface area (Å²) in [6.45, 7) is 2.67. The molecular formula is C15H22O8. The highest BCUT2D eigenvalue weighted by atomic mass is 16.7. The van der Waals surface area contributed by atoms with E-state index in [1.54, 1.807) is 13.0 Å². The lowest BCUT2D eigenvalue weighted by atomic mass is 10.00. The van der Waals surface area contributed by atoms with Crippen LogP contribution in [0.15, 0.2) is 23.5 Å². The molecule has 0 radical (unpaired) electrons. The Morgan fingerprint density at radius 3 is 2.61 bits per heavy atom. The fourth-order valence-corrected chi connectivity index (χ4v) is 2.54. The number of carbonyl (C=O) groups excluding carboxylic acids is 1. The van der Waals surface area contributed by atoms with Gasteiger partial charge in [0, 0.05) is 0 Å². The third kappa shape index (κ3) is 3.63. The number of rotatable bonds is 4. The minimum absolute atomic E-state index is 0.0916. The van der Waals surface area contributed by atoms with Gasteiger partial charge >= 0.3 is 0 Å². The first-order valence-corrected chi connectivity index (χ1v) is 7.39. The van der Waals surface area contributed by atoms with E-state index in [1.165, 1.54) is 13.0 Å². The van der Waals surface area contributed by atoms with E-state index in [0.717, 1.165) is 0 Å². The van der Waals surface area contributed by atoms with Gasteiger partial charge in [-0.05, 0) is 19.9 Å². The summed E-state index contributed by atoms with van der Waals surface area (Å²) in [6, 6.07) is 0. The van der Waals surface area contributed by atoms with Gasteiger partial charge in [0.25, 0.3) is 0 Å². The Kier molecular flexibility index (Phi) is 5.90. The van der Waals surface area contributed by atoms with Gasteiger partial charge in [0.1, 0.15) is 36.8 Å². The van der Waals surface area contributed by atoms with Crippen molar-refractivity contribution in [2.75, 3.05) is 13.2 Å². The predicted octanol–water partition coefficient (Wildman–Crippen LogP) is -1.38. The summed E-state index contributed by atoms with van der Waals surface area (Å²) >= 11 is 0. The lowest BCUT2D eigenvalue weighted by molar-refractivity contribution is -0.282. The van der Waals surface area contributed by atoms with Gasteiger partial charge in [-0.1, -0.05) is 6.08 Å². The van der Waals surface area contributed by atoms with Gasteiger partial charge in [0.2, 0.25) is 6.29 Å². The molecule has 0 aromatic heterocycles. The van der Waals surface area contributed by atoms with Gasteiger partial charge in [0.15, 0.2) is 5.78 Å². The molecule has 4 N–H and O–H groups in total. The molecule has 1 unspecified atom stereocenters. The minimum atomic E-state index is -1.49. The summed E-state index contributed by atoms with van der Waals surface area (Å²) in [4.78, 5) is 12.0. The van der Waals surface area contributed by atoms with Crippen LogP contribution in [0.5, 0.6) is 0 Å². The highest BCUT2D eigenvalue weighted by Gasteiger charge is 2.44. The Labute approximate surface area is 133 Å². The van der Waals surface area contributed by atoms with E-state index in [1.807, 2.05) is 0 Å². The molecule has 0 amide bonds. The SMILES string of the molecule is C/C=C/C(O[C@@H]1O[C@@H](C)[C@H](O)[C@@H](O)[C@H]1O)=C1/C(=O)COC1CO. The molecule has 2 rings (SSSR count). The Bertz CT molecular complexity index is 500. The van der Waals surface area contributed by atoms with Crippen molar-refractivity contribution in [3.63, 3.8) is 0 Å². The molecule has 0 aromatic rings. The van der Waals surface area contributed by atoms with Crippen LogP contribution in [0.3, 0.4) is 0 Å². The average Bonchev–Trinajstić information content (AvgIpc) is 2.90. The number of ether oxygens (including phenoxy) is 3. The molecule has 23 heavy (non-hydrogen) atoms. The summed E-state index contributed by atoms with van der Waals surface area (Å²) in [5, 5.41) is 38.8. The summed E-state index contributed by atoms with van der Waals surface area (Å²) < 4.78 is 16.1. The molecule has 0 aromatic carbocycles. The predicted molar refractivity (Wildman–Crippen MR) is 77.1 cm³/mol. The average molecular weight is 330 g/mol. The van der Waals surface area contributed by atoms with E-state index < -0.39 is 43.4 Å². The molecule has 0 aliphatic carbocycles. The maximum absolute atomic E-state index is 12.0. The Morgan fingerprint density at radius 1 is 1.30 bits per heavy atom. The summed E-state index contributed by atoms with van der Waals surface area (Å²) in [5.41, 5.74) is 0.148. The maximum Gasteiger partial charge on any atom is 0.229 e. The zero-order chi connectivity index (χ0) is 17.1. The van der Waals surface area contributed by atoms with Crippen molar-refractivity contribution in [3.8, 4) is 0 Å². The zero-order valence-corrected chi connectivity index (χ0v) is 13.0. The number of carbonyl (C=O) groups is 1. The molecule has 0 bridgehead atoms. The molecule has 8 nitrogen and oxygen atoms in total. The van der Waals surface area contributed by atoms with Crippen molar-refractivity contribution in [2.45, 2.75) is 50.7 Å². The standard InChI is InChI=1S/C15H22O8/c1-3-4-9(11-8(17)6-21-10(11)5-16)23-15-14(20)13(19)12(18)7(2)22-15/h3-4,7,10,12-16,18-20H,5-6H2,1-2H3/b4-3+,11-9+/t7-,10?,12-,13+,14+,15-/m0/s1. The first-order chi connectivity index (χ1) is 10.9. The lowest BCUT2D eigenvalue weighted by Crippen LogP contribution is -2.57. The number of allylic oxidation sites excluding steroid dienone is 2. The van der Waals surface area contributed by atoms with E-state index >= 15 is 0 Å². The van der Waals surface area contributed by atoms with Gasteiger partial charge in [-0.3, -0.25) is 4.79 Å². The Morgan fingerprint density at radius 2 is 2.00 bits per heavy atom. The summed E-state index contributed by atoms with van der Waals surface area (Å²) in [5.74, 6) is -0.245. The molecule has 2 saturated heterocycles. The number of ketones is 1. The maximum atomic E-state index is 12.0. The number of aliphatic hydroxyl groups excluding tert-OH is 4. The summed E-state index contributed by atoms with van der Waals surface area (Å²) in [6.07, 6.45) is -3.92. The van der Waals surface area contributed by atoms with Gasteiger partial charge in [-0.2, -0.15) is 0 Å². The van der Waals surface area contributed by atoms with E-state index in [4.69, 9.17) is 14.2 Å². The van der Waals surface area contributed by atoms with Gasteiger partial charge < -0.3 is 34.6 Å². The number of hydrogen-bond donors (Lipinski definition) is 4. The van der Waals surface area contributed by atoms with Crippen molar-refractivity contribution in [3.05, 3.63) is 23.5 Å². The fourth-order valence-electron chi connectivity index (χ4n) is 2.54. The highest BCUT2D eigenvalue weighted by molar-refractivity contribution is 6.00. The largest absolute Gasteiger partial charge is 0.461 e. The zero-order valence-electron chi connectivity index (χ0n) is 13.0. The van der Waals surface area contributed by atoms with Gasteiger partial charge in [-0.25, -0.2) is 0 Å². The first-order valence-electron chi connectivity index (χ1n) is 7.39. The molecule has 2 fully saturated rings. The van der Waals surface area contributed by atoms with Crippen LogP contribution in [0, 0.1) is 0 Å². The van der Waals surface area contributed by atoms with Gasteiger partial charge in [0.05, 0.1) is 18.3 Å². The van der Waals surface area contributed by atoms with Crippen molar-refractivity contribution in [1.29, 1.82) is 0 Å². The molecular weight excluding hydrogens is 308 g/mol. The van der Waals surface area contributed by atoms with Crippen LogP contribution in [0.2, 0.25) is 0 Å². The smallest absolute Gasteiger partial charge is 0.229 e. The molecule has 6 atom stereocenters. The lowest BCUT2D eigenvalue weighted by Gasteiger charge is -2.39. The number of hydrogen-bond acceptors (Lipinski definition) is 8. The molecule has 0 spiro atoms. The second kappa shape index (κ2) is 7.52. The Hall–Kier alpha value is -1.29. The second-order valence-electron chi connectivity index (χ2n) is 5.48. The van der Waals surface area contributed by atoms with Crippen LogP contribution in [0.1, 0.15) is 13.8 Å². The third-order valence-electron chi connectivity index (χ3n) is 3.84. The topological polar surface area (TPSA) is 126 Å². The number of Topliss-reactive ketones (excluding diaryl/α,β-unsaturated/α-hetero) is 1. The van der Waals surface area contributed by atoms with Crippen LogP contribution < -0.4 is 0 Å². The molecule has 2 heterocycles. The number of aliphatic hydroxyl groups is 4. The second-order valence-corrected chi connectivity index (χ2v) is 5.48. The molecule has 2 aliphatic heterocycles. The van der Waals surface area contributed by atoms with Crippen LogP contribution in [-0.4, -0.2) is 76.2 Å². The van der Waals surface area contributed by atoms with Crippen molar-refractivity contribution < 1.29 is 39.4 Å². The van der Waals surface area contributed by atoms with Crippen molar-refractivity contribution in [1.82, 2.24) is 0 Å². The van der Waals surface area contributed by atoms with Crippen molar-refractivity contribution >= 4 is 5.78 Å². The van der Waals surface area contributed by atoms with Crippen LogP contribution in [-0.2, 0) is 19.0 Å². The minimum Gasteiger partial charge on any atom is -0.461 e. The first kappa shape index (κ1) is 18.1. The van der Waals surface area contributed by atoms with Crippen molar-refractivity contribution in [2.24, 2.45) is 0 Å². The highest BCUT2D eigenvalue weighted by Crippen LogP contribution is 2.28. The Balaban J connectivity index is 2.28. The quantitative estimate of drug-likeness (QED) is 0.367. The van der Waals surface area contributed by atoms with Crippen LogP contribution in [0.4, 0.5) is 0 Å². The van der Waals surface area contributed by atoms with Crippen LogP contribution >= 0.6 is 0 Å². The van der Waals surface area contributed by atoms with Gasteiger partial charge in [-0.15, -0.1) is 0 Å². The van der Waals surface area contributed by atoms with E-state index in [9.17, 15) is 25.2 Å². The molecule has 2 aliphatic rings. The molecule has 8 heteroatoms. The molecule has 0 saturated carbocycles. The molecule has 130 valence electrons.